The van der Waals surface area contributed by atoms with Gasteiger partial charge in [-0.15, -0.1) is 0 Å². The smallest absolute Gasteiger partial charge is 0.448 e. The van der Waals surface area contributed by atoms with Gasteiger partial charge in [0, 0.05) is 25.6 Å². The monoisotopic (exact) mass is 274 g/mol. The summed E-state index contributed by atoms with van der Waals surface area (Å²) in [6.45, 7) is -1.30. The summed E-state index contributed by atoms with van der Waals surface area (Å²) in [5.41, 5.74) is -0.0857. The van der Waals surface area contributed by atoms with Crippen molar-refractivity contribution >= 4 is 12.7 Å². The van der Waals surface area contributed by atoms with Crippen molar-refractivity contribution < 1.29 is 12.9 Å². The lowest BCUT2D eigenvalue weighted by molar-refractivity contribution is 0.428. The summed E-state index contributed by atoms with van der Waals surface area (Å²) in [5.74, 6) is 0.523. The van der Waals surface area contributed by atoms with Crippen molar-refractivity contribution in [2.45, 2.75) is 26.2 Å². The van der Waals surface area contributed by atoms with Crippen LogP contribution in [-0.4, -0.2) is 29.8 Å². The maximum absolute atomic E-state index is 12.3. The molecule has 0 spiro atoms. The molecule has 106 valence electrons. The molecule has 1 unspecified atom stereocenters. The van der Waals surface area contributed by atoms with Gasteiger partial charge in [-0.25, -0.2) is 0 Å². The summed E-state index contributed by atoms with van der Waals surface area (Å²) in [6, 6.07) is 1.24. The summed E-state index contributed by atoms with van der Waals surface area (Å²) in [6.07, 6.45) is 2.23. The molecule has 8 heteroatoms. The Kier molecular flexibility index (Phi) is 3.87. The quantitative estimate of drug-likeness (QED) is 0.790. The van der Waals surface area contributed by atoms with Crippen LogP contribution in [0.2, 0.25) is 0 Å². The van der Waals surface area contributed by atoms with Gasteiger partial charge in [0.15, 0.2) is 0 Å². The summed E-state index contributed by atoms with van der Waals surface area (Å²) in [7, 11) is 0. The third-order valence-corrected chi connectivity index (χ3v) is 3.26. The van der Waals surface area contributed by atoms with E-state index in [1.54, 1.807) is 0 Å². The normalized spacial score (nSPS) is 20.6. The molecule has 1 atom stereocenters. The number of piperidine rings is 1. The highest BCUT2D eigenvalue weighted by molar-refractivity contribution is 6.57. The van der Waals surface area contributed by atoms with Crippen LogP contribution < -0.4 is 10.5 Å². The zero-order valence-corrected chi connectivity index (χ0v) is 10.7. The van der Waals surface area contributed by atoms with Gasteiger partial charge in [-0.3, -0.25) is 9.48 Å². The van der Waals surface area contributed by atoms with Crippen molar-refractivity contribution in [3.63, 3.8) is 0 Å². The average molecular weight is 274 g/mol. The van der Waals surface area contributed by atoms with E-state index in [1.165, 1.54) is 12.3 Å². The molecule has 0 saturated carbocycles. The van der Waals surface area contributed by atoms with E-state index in [2.05, 4.69) is 12.0 Å². The van der Waals surface area contributed by atoms with Gasteiger partial charge in [-0.2, -0.15) is 5.10 Å². The molecule has 1 aliphatic rings. The number of aromatic nitrogens is 2. The molecule has 0 aliphatic carbocycles. The maximum Gasteiger partial charge on any atom is 0.499 e. The highest BCUT2D eigenvalue weighted by atomic mass is 19.4. The van der Waals surface area contributed by atoms with E-state index in [1.807, 2.05) is 4.90 Å². The van der Waals surface area contributed by atoms with Crippen LogP contribution in [-0.2, 0) is 6.44 Å². The van der Waals surface area contributed by atoms with E-state index in [0.717, 1.165) is 25.9 Å². The number of halogens is 3. The Morgan fingerprint density at radius 2 is 2.21 bits per heavy atom. The molecule has 0 N–H and O–H groups in total. The Morgan fingerprint density at radius 3 is 2.79 bits per heavy atom. The van der Waals surface area contributed by atoms with E-state index >= 15 is 0 Å². The molecule has 1 aromatic heterocycles. The van der Waals surface area contributed by atoms with Crippen molar-refractivity contribution in [2.75, 3.05) is 18.0 Å². The fourth-order valence-corrected chi connectivity index (χ4v) is 2.35. The van der Waals surface area contributed by atoms with Gasteiger partial charge in [0.25, 0.3) is 5.56 Å². The number of nitrogens with zero attached hydrogens (tertiary/aromatic N) is 3. The van der Waals surface area contributed by atoms with Gasteiger partial charge in [0.1, 0.15) is 0 Å². The number of anilines is 1. The van der Waals surface area contributed by atoms with Crippen molar-refractivity contribution in [3.05, 3.63) is 22.6 Å². The minimum absolute atomic E-state index is 0.469. The minimum atomic E-state index is -5.05. The first-order chi connectivity index (χ1) is 8.85. The van der Waals surface area contributed by atoms with Crippen molar-refractivity contribution in [1.82, 2.24) is 9.78 Å². The van der Waals surface area contributed by atoms with Crippen LogP contribution in [0.25, 0.3) is 0 Å². The Morgan fingerprint density at radius 1 is 1.47 bits per heavy atom. The van der Waals surface area contributed by atoms with E-state index in [9.17, 15) is 17.7 Å². The predicted octanol–water partition coefficient (Wildman–Crippen LogP) is 1.87. The molecule has 0 amide bonds. The molecule has 2 rings (SSSR count). The van der Waals surface area contributed by atoms with E-state index in [4.69, 9.17) is 0 Å². The van der Waals surface area contributed by atoms with E-state index in [-0.39, 0.29) is 0 Å². The number of hydrogen-bond acceptors (Lipinski definition) is 3. The molecule has 0 bridgehead atoms. The number of rotatable bonds is 3. The molecule has 19 heavy (non-hydrogen) atoms. The minimum Gasteiger partial charge on any atom is -0.448 e. The molecule has 1 saturated heterocycles. The Bertz CT molecular complexity index is 503. The first-order valence-electron chi connectivity index (χ1n) is 6.38. The van der Waals surface area contributed by atoms with E-state index in [0.29, 0.717) is 16.3 Å². The fraction of sp³-hybridized carbons (Fsp3) is 0.636. The lowest BCUT2D eigenvalue weighted by Gasteiger charge is -2.32. The summed E-state index contributed by atoms with van der Waals surface area (Å²) in [5, 5.41) is 3.62. The second kappa shape index (κ2) is 5.26. The molecule has 1 aliphatic heterocycles. The summed E-state index contributed by atoms with van der Waals surface area (Å²) in [4.78, 5) is 13.6. The average Bonchev–Trinajstić information content (AvgIpc) is 2.30. The van der Waals surface area contributed by atoms with Gasteiger partial charge in [-0.05, 0) is 18.8 Å². The van der Waals surface area contributed by atoms with Gasteiger partial charge in [0.2, 0.25) is 0 Å². The van der Waals surface area contributed by atoms with Gasteiger partial charge < -0.3 is 17.8 Å². The standard InChI is InChI=1S/C11H16BF3N3O/c1-9-3-2-4-17(7-9)10-5-11(19)18(16-6-10)8-12(13,14)15/h5-6,9H,2-4,7-8H2,1H3/q-1. The zero-order chi connectivity index (χ0) is 14.0. The Hall–Kier alpha value is -1.47. The van der Waals surface area contributed by atoms with Crippen molar-refractivity contribution in [3.8, 4) is 0 Å². The number of hydrogen-bond donors (Lipinski definition) is 0. The molecular formula is C11H16BF3N3O-. The third-order valence-electron chi connectivity index (χ3n) is 3.26. The van der Waals surface area contributed by atoms with Crippen LogP contribution in [0.15, 0.2) is 17.1 Å². The third kappa shape index (κ3) is 3.75. The highest BCUT2D eigenvalue weighted by Gasteiger charge is 2.25. The molecule has 4 nitrogen and oxygen atoms in total. The molecule has 1 fully saturated rings. The summed E-state index contributed by atoms with van der Waals surface area (Å²) < 4.78 is 37.3. The largest absolute Gasteiger partial charge is 0.499 e. The molecule has 0 radical (unpaired) electrons. The van der Waals surface area contributed by atoms with Gasteiger partial charge in [0.05, 0.1) is 11.9 Å². The first kappa shape index (κ1) is 14.0. The first-order valence-corrected chi connectivity index (χ1v) is 6.38. The predicted molar refractivity (Wildman–Crippen MR) is 68.2 cm³/mol. The molecular weight excluding hydrogens is 258 g/mol. The van der Waals surface area contributed by atoms with Crippen LogP contribution in [0.3, 0.4) is 0 Å². The second-order valence-electron chi connectivity index (χ2n) is 5.14. The second-order valence-corrected chi connectivity index (χ2v) is 5.14. The van der Waals surface area contributed by atoms with Crippen LogP contribution in [0.1, 0.15) is 19.8 Å². The van der Waals surface area contributed by atoms with Gasteiger partial charge >= 0.3 is 6.98 Å². The Labute approximate surface area is 109 Å². The molecule has 0 aromatic carbocycles. The SMILES string of the molecule is CC1CCCN(c2cnn(C[B-](F)(F)F)c(=O)c2)C1. The van der Waals surface area contributed by atoms with Crippen LogP contribution in [0.4, 0.5) is 18.6 Å². The Balaban J connectivity index is 2.17. The summed E-state index contributed by atoms with van der Waals surface area (Å²) >= 11 is 0. The van der Waals surface area contributed by atoms with Crippen molar-refractivity contribution in [2.24, 2.45) is 5.92 Å². The molecule has 2 heterocycles. The van der Waals surface area contributed by atoms with Gasteiger partial charge in [-0.1, -0.05) is 6.92 Å². The zero-order valence-electron chi connectivity index (χ0n) is 10.7. The van der Waals surface area contributed by atoms with Crippen molar-refractivity contribution in [1.29, 1.82) is 0 Å². The fourth-order valence-electron chi connectivity index (χ4n) is 2.35. The van der Waals surface area contributed by atoms with Crippen LogP contribution in [0.5, 0.6) is 0 Å². The van der Waals surface area contributed by atoms with E-state index < -0.39 is 19.0 Å². The lowest BCUT2D eigenvalue weighted by atomic mass is 9.93. The molecule has 1 aromatic rings. The lowest BCUT2D eigenvalue weighted by Crippen LogP contribution is -2.37. The topological polar surface area (TPSA) is 38.1 Å². The maximum atomic E-state index is 12.3. The van der Waals surface area contributed by atoms with Crippen LogP contribution >= 0.6 is 0 Å². The highest BCUT2D eigenvalue weighted by Crippen LogP contribution is 2.21. The van der Waals surface area contributed by atoms with Crippen LogP contribution in [0, 0.1) is 5.92 Å².